The first-order valence-corrected chi connectivity index (χ1v) is 18.1. The summed E-state index contributed by atoms with van der Waals surface area (Å²) in [5.74, 6) is -1.70. The van der Waals surface area contributed by atoms with Gasteiger partial charge in [0.05, 0.1) is 18.3 Å². The number of aromatic nitrogens is 3. The normalized spacial score (nSPS) is 16.4. The zero-order chi connectivity index (χ0) is 39.1. The molecule has 0 radical (unpaired) electrons. The Morgan fingerprint density at radius 3 is 2.38 bits per heavy atom. The maximum Gasteiger partial charge on any atom is 0.328 e. The molecule has 1 spiro atoms. The molecule has 2 atom stereocenters. The number of anilines is 1. The van der Waals surface area contributed by atoms with E-state index in [1.807, 2.05) is 20.8 Å². The van der Waals surface area contributed by atoms with Crippen molar-refractivity contribution in [2.24, 2.45) is 11.3 Å². The molecule has 2 aliphatic rings. The Balaban J connectivity index is 0.000000846. The fourth-order valence-electron chi connectivity index (χ4n) is 6.90. The van der Waals surface area contributed by atoms with Gasteiger partial charge in [0.1, 0.15) is 17.9 Å². The van der Waals surface area contributed by atoms with Gasteiger partial charge in [0.25, 0.3) is 11.8 Å². The van der Waals surface area contributed by atoms with Gasteiger partial charge in [0.2, 0.25) is 0 Å². The molecule has 4 rings (SSSR count). The van der Waals surface area contributed by atoms with Crippen LogP contribution in [0.4, 0.5) is 10.2 Å². The van der Waals surface area contributed by atoms with Crippen molar-refractivity contribution >= 4 is 23.7 Å². The number of carboxylic acids is 2. The summed E-state index contributed by atoms with van der Waals surface area (Å²) in [6.45, 7) is 17.0. The van der Waals surface area contributed by atoms with Gasteiger partial charge in [0, 0.05) is 83.1 Å². The van der Waals surface area contributed by atoms with E-state index in [9.17, 15) is 18.8 Å². The maximum absolute atomic E-state index is 14.3. The summed E-state index contributed by atoms with van der Waals surface area (Å²) in [6.07, 6.45) is 5.91. The Hall–Kier alpha value is -4.25. The van der Waals surface area contributed by atoms with Crippen LogP contribution in [0.25, 0.3) is 0 Å². The molecule has 2 unspecified atom stereocenters. The first-order valence-electron chi connectivity index (χ1n) is 18.1. The second-order valence-electron chi connectivity index (χ2n) is 14.1. The average Bonchev–Trinajstić information content (AvgIpc) is 3.55. The second kappa shape index (κ2) is 20.8. The minimum Gasteiger partial charge on any atom is -0.478 e. The third kappa shape index (κ3) is 12.7. The number of hydrogen-bond donors (Lipinski definition) is 3. The minimum atomic E-state index is -1.26. The number of rotatable bonds is 19. The highest BCUT2D eigenvalue weighted by molar-refractivity contribution is 5.97. The molecule has 15 nitrogen and oxygen atoms in total. The molecular weight excluding hydrogens is 689 g/mol. The highest BCUT2D eigenvalue weighted by Gasteiger charge is 2.50. The van der Waals surface area contributed by atoms with Crippen LogP contribution < -0.4 is 15.0 Å². The Morgan fingerprint density at radius 1 is 1.09 bits per heavy atom. The van der Waals surface area contributed by atoms with E-state index in [2.05, 4.69) is 44.1 Å². The van der Waals surface area contributed by atoms with E-state index >= 15 is 0 Å². The molecule has 0 saturated carbocycles. The number of amides is 1. The number of nitrogens with one attached hydrogen (secondary N) is 1. The summed E-state index contributed by atoms with van der Waals surface area (Å²) < 4.78 is 31.1. The lowest BCUT2D eigenvalue weighted by Gasteiger charge is -2.53. The van der Waals surface area contributed by atoms with Gasteiger partial charge in [-0.25, -0.2) is 19.0 Å². The molecular formula is C37H56FN7O8. The summed E-state index contributed by atoms with van der Waals surface area (Å²) in [4.78, 5) is 43.5. The number of likely N-dealkylation sites (tertiary alicyclic amines) is 1. The van der Waals surface area contributed by atoms with Gasteiger partial charge >= 0.3 is 11.9 Å². The van der Waals surface area contributed by atoms with E-state index in [0.717, 1.165) is 58.5 Å². The number of aliphatic carboxylic acids is 2. The zero-order valence-electron chi connectivity index (χ0n) is 32.0. The Morgan fingerprint density at radius 2 is 1.79 bits per heavy atom. The number of benzene rings is 1. The van der Waals surface area contributed by atoms with Crippen LogP contribution in [0.15, 0.2) is 36.7 Å². The summed E-state index contributed by atoms with van der Waals surface area (Å²) >= 11 is 0. The lowest BCUT2D eigenvalue weighted by Crippen LogP contribution is -2.62. The highest BCUT2D eigenvalue weighted by atomic mass is 19.1. The van der Waals surface area contributed by atoms with Gasteiger partial charge in [0.15, 0.2) is 5.82 Å². The quantitative estimate of drug-likeness (QED) is 0.139. The topological polar surface area (TPSA) is 180 Å². The molecule has 2 aromatic rings. The number of carbonyl (C=O) groups excluding carboxylic acids is 1. The van der Waals surface area contributed by atoms with Gasteiger partial charge in [-0.05, 0) is 70.7 Å². The lowest BCUT2D eigenvalue weighted by atomic mass is 9.76. The number of halogens is 1. The van der Waals surface area contributed by atoms with Gasteiger partial charge in [-0.3, -0.25) is 9.69 Å². The second-order valence-corrected chi connectivity index (χ2v) is 14.1. The number of nitrogens with zero attached hydrogens (tertiary/aromatic N) is 6. The number of carbonyl (C=O) groups is 3. The average molecular weight is 746 g/mol. The van der Waals surface area contributed by atoms with Crippen LogP contribution in [0.3, 0.4) is 0 Å². The fourth-order valence-corrected chi connectivity index (χ4v) is 6.90. The van der Waals surface area contributed by atoms with Crippen molar-refractivity contribution in [3.8, 4) is 11.6 Å². The van der Waals surface area contributed by atoms with E-state index in [4.69, 9.17) is 24.4 Å². The van der Waals surface area contributed by atoms with Crippen LogP contribution >= 0.6 is 0 Å². The van der Waals surface area contributed by atoms with Crippen LogP contribution in [-0.2, 0) is 19.1 Å². The molecule has 1 aromatic heterocycles. The fraction of sp³-hybridized carbons (Fsp3) is 0.622. The number of hydrogen-bond acceptors (Lipinski definition) is 12. The summed E-state index contributed by atoms with van der Waals surface area (Å²) in [7, 11) is 3.42. The van der Waals surface area contributed by atoms with Crippen LogP contribution in [-0.4, -0.2) is 138 Å². The maximum atomic E-state index is 14.3. The molecule has 53 heavy (non-hydrogen) atoms. The van der Waals surface area contributed by atoms with E-state index in [-0.39, 0.29) is 40.7 Å². The molecule has 0 aliphatic carbocycles. The van der Waals surface area contributed by atoms with Crippen LogP contribution in [0, 0.1) is 17.2 Å². The van der Waals surface area contributed by atoms with E-state index in [0.29, 0.717) is 43.1 Å². The van der Waals surface area contributed by atoms with Gasteiger partial charge in [-0.1, -0.05) is 13.8 Å². The van der Waals surface area contributed by atoms with E-state index in [1.54, 1.807) is 19.1 Å². The molecule has 294 valence electrons. The Bertz CT molecular complexity index is 1510. The number of carboxylic acid groups (broad SMARTS) is 2. The predicted octanol–water partition coefficient (Wildman–Crippen LogP) is 3.95. The molecule has 3 N–H and O–H groups in total. The molecule has 2 fully saturated rings. The molecule has 2 saturated heterocycles. The SMILES string of the molecule is CCN(C(=O)c1cc(F)ccc1Oc1nncnc1N1CCC2(C1)CN(C(CCCNCC(COC)OC)C(C)C)C2)C(C)C.O=C(O)/C=C/C(=O)O. The molecule has 1 aromatic carbocycles. The largest absolute Gasteiger partial charge is 0.478 e. The molecule has 3 heterocycles. The van der Waals surface area contributed by atoms with Crippen molar-refractivity contribution in [2.75, 3.05) is 71.5 Å². The first kappa shape index (κ1) is 43.2. The van der Waals surface area contributed by atoms with Crippen molar-refractivity contribution < 1.29 is 43.2 Å². The molecule has 2 aliphatic heterocycles. The van der Waals surface area contributed by atoms with Crippen LogP contribution in [0.2, 0.25) is 0 Å². The molecule has 0 bridgehead atoms. The third-order valence-electron chi connectivity index (χ3n) is 9.51. The summed E-state index contributed by atoms with van der Waals surface area (Å²) in [6, 6.07) is 4.47. The van der Waals surface area contributed by atoms with Crippen LogP contribution in [0.5, 0.6) is 11.6 Å². The predicted molar refractivity (Wildman–Crippen MR) is 197 cm³/mol. The van der Waals surface area contributed by atoms with Gasteiger partial charge in [-0.15, -0.1) is 10.2 Å². The zero-order valence-corrected chi connectivity index (χ0v) is 32.0. The van der Waals surface area contributed by atoms with Crippen molar-refractivity contribution in [2.45, 2.75) is 72.1 Å². The van der Waals surface area contributed by atoms with E-state index in [1.165, 1.54) is 24.5 Å². The number of methoxy groups -OCH3 is 2. The Labute approximate surface area is 311 Å². The van der Waals surface area contributed by atoms with Crippen molar-refractivity contribution in [1.82, 2.24) is 30.3 Å². The van der Waals surface area contributed by atoms with Crippen molar-refractivity contribution in [3.63, 3.8) is 0 Å². The van der Waals surface area contributed by atoms with Gasteiger partial charge in [-0.2, -0.15) is 0 Å². The molecule has 16 heteroatoms. The highest BCUT2D eigenvalue weighted by Crippen LogP contribution is 2.44. The first-order chi connectivity index (χ1) is 25.2. The molecule has 1 amide bonds. The smallest absolute Gasteiger partial charge is 0.328 e. The summed E-state index contributed by atoms with van der Waals surface area (Å²) in [5.41, 5.74) is 0.341. The minimum absolute atomic E-state index is 0.0445. The Kier molecular flexibility index (Phi) is 17.0. The van der Waals surface area contributed by atoms with Crippen molar-refractivity contribution in [1.29, 1.82) is 0 Å². The van der Waals surface area contributed by atoms with Gasteiger partial charge < -0.3 is 39.5 Å². The van der Waals surface area contributed by atoms with Crippen LogP contribution in [0.1, 0.15) is 64.2 Å². The monoisotopic (exact) mass is 745 g/mol. The number of ether oxygens (including phenoxy) is 3. The van der Waals surface area contributed by atoms with Crippen molar-refractivity contribution in [3.05, 3.63) is 48.1 Å². The summed E-state index contributed by atoms with van der Waals surface area (Å²) in [5, 5.41) is 27.4. The standard InChI is InChI=1S/C33H52FN7O4.C4H4O4/c1-8-41(24(4)5)32(42)27-16-25(34)11-12-29(27)45-31-30(36-22-37-38-31)39-15-13-33(19-39)20-40(21-33)28(23(2)3)10-9-14-35-17-26(44-7)18-43-6;5-3(6)1-2-4(7)8/h11-12,16,22-24,26,28,35H,8-10,13-15,17-21H2,1-7H3;1-2H,(H,5,6)(H,7,8)/b;2-1+. The van der Waals surface area contributed by atoms with E-state index < -0.39 is 17.8 Å². The lowest BCUT2D eigenvalue weighted by molar-refractivity contribution is -0.134. The third-order valence-corrected chi connectivity index (χ3v) is 9.51.